The molecular formula is C45H42O6. The Balaban J connectivity index is 1.47. The van der Waals surface area contributed by atoms with E-state index in [0.29, 0.717) is 0 Å². The predicted molar refractivity (Wildman–Crippen MR) is 203 cm³/mol. The summed E-state index contributed by atoms with van der Waals surface area (Å²) < 4.78 is 18.1. The Labute approximate surface area is 298 Å². The van der Waals surface area contributed by atoms with Crippen LogP contribution in [0.5, 0.6) is 17.2 Å². The molecule has 0 amide bonds. The van der Waals surface area contributed by atoms with Gasteiger partial charge in [0.25, 0.3) is 0 Å². The molecule has 0 bridgehead atoms. The fraction of sp³-hybridized carbons (Fsp3) is 0.267. The maximum atomic E-state index is 14.1. The summed E-state index contributed by atoms with van der Waals surface area (Å²) in [5.41, 5.74) is 3.01. The lowest BCUT2D eigenvalue weighted by molar-refractivity contribution is 0.0679. The molecule has 6 heteroatoms. The van der Waals surface area contributed by atoms with E-state index in [0.717, 1.165) is 49.0 Å². The summed E-state index contributed by atoms with van der Waals surface area (Å²) in [5, 5.41) is 4.72. The van der Waals surface area contributed by atoms with Crippen LogP contribution in [0, 0.1) is 0 Å². The monoisotopic (exact) mass is 678 g/mol. The van der Waals surface area contributed by atoms with Crippen LogP contribution in [-0.2, 0) is 16.2 Å². The maximum absolute atomic E-state index is 14.1. The van der Waals surface area contributed by atoms with Gasteiger partial charge in [0.05, 0.1) is 0 Å². The minimum absolute atomic E-state index is 0.0413. The van der Waals surface area contributed by atoms with Gasteiger partial charge in [0, 0.05) is 0 Å². The van der Waals surface area contributed by atoms with Gasteiger partial charge in [-0.15, -0.1) is 0 Å². The van der Waals surface area contributed by atoms with Crippen molar-refractivity contribution < 1.29 is 28.6 Å². The molecule has 0 N–H and O–H groups in total. The summed E-state index contributed by atoms with van der Waals surface area (Å²) >= 11 is 0. The Bertz CT molecular complexity index is 2170. The van der Waals surface area contributed by atoms with E-state index >= 15 is 0 Å². The van der Waals surface area contributed by atoms with Crippen molar-refractivity contribution in [2.45, 2.75) is 78.6 Å². The van der Waals surface area contributed by atoms with E-state index in [-0.39, 0.29) is 50.2 Å². The number of hydrogen-bond donors (Lipinski definition) is 0. The molecule has 0 aromatic heterocycles. The molecule has 0 fully saturated rings. The molecule has 0 saturated carbocycles. The molecular weight excluding hydrogens is 636 g/mol. The zero-order valence-corrected chi connectivity index (χ0v) is 30.6. The molecule has 1 aliphatic rings. The van der Waals surface area contributed by atoms with Gasteiger partial charge in [-0.1, -0.05) is 117 Å². The van der Waals surface area contributed by atoms with Gasteiger partial charge in [0.15, 0.2) is 0 Å². The molecule has 6 aromatic rings. The molecule has 6 nitrogen and oxygen atoms in total. The van der Waals surface area contributed by atoms with E-state index in [1.165, 1.54) is 0 Å². The highest BCUT2D eigenvalue weighted by atomic mass is 16.6. The standard InChI is InChI=1S/C45H42O6/c1-43(2,3)31-13-10-25-22-37-34(19-28(25)16-31)40(46)50-38-23-26-11-14-32(44(4,5)6)17-29(26)20-35(38)42(48)51-39-24-27-12-15-33(45(7,8)9)18-30(27)21-36(39)41(47)49-37/h10-24H,1-9H3. The van der Waals surface area contributed by atoms with Crippen LogP contribution in [0.4, 0.5) is 0 Å². The normalized spacial score (nSPS) is 14.2. The SMILES string of the molecule is CC(C)(C)c1ccc2cc3c(cc2c1)C(=O)Oc1cc2ccc(C(C)(C)C)cc2cc1C(=O)Oc1cc2ccc(C(C)(C)C)cc2cc1C(=O)O3. The minimum Gasteiger partial charge on any atom is -0.422 e. The van der Waals surface area contributed by atoms with Crippen molar-refractivity contribution in [2.24, 2.45) is 0 Å². The number of fused-ring (bicyclic) bond motifs is 6. The van der Waals surface area contributed by atoms with Crippen LogP contribution < -0.4 is 14.2 Å². The Hall–Kier alpha value is -5.49. The van der Waals surface area contributed by atoms with Crippen LogP contribution in [0.2, 0.25) is 0 Å². The molecule has 258 valence electrons. The van der Waals surface area contributed by atoms with Crippen molar-refractivity contribution in [3.63, 3.8) is 0 Å². The smallest absolute Gasteiger partial charge is 0.347 e. The van der Waals surface area contributed by atoms with Crippen molar-refractivity contribution in [1.82, 2.24) is 0 Å². The number of ether oxygens (including phenoxy) is 3. The van der Waals surface area contributed by atoms with Gasteiger partial charge in [-0.05, 0) is 102 Å². The lowest BCUT2D eigenvalue weighted by Crippen LogP contribution is -2.20. The van der Waals surface area contributed by atoms with Crippen LogP contribution >= 0.6 is 0 Å². The zero-order chi connectivity index (χ0) is 36.6. The Morgan fingerprint density at radius 3 is 0.824 bits per heavy atom. The molecule has 0 aliphatic carbocycles. The second-order valence-electron chi connectivity index (χ2n) is 16.6. The molecule has 51 heavy (non-hydrogen) atoms. The van der Waals surface area contributed by atoms with Crippen LogP contribution in [-0.4, -0.2) is 17.9 Å². The highest BCUT2D eigenvalue weighted by Gasteiger charge is 2.29. The average Bonchev–Trinajstić information content (AvgIpc) is 3.04. The Kier molecular flexibility index (Phi) is 7.86. The number of carbonyl (C=O) groups is 3. The molecule has 1 heterocycles. The van der Waals surface area contributed by atoms with E-state index in [1.807, 2.05) is 54.6 Å². The second kappa shape index (κ2) is 11.8. The number of rotatable bonds is 0. The van der Waals surface area contributed by atoms with Gasteiger partial charge < -0.3 is 14.2 Å². The van der Waals surface area contributed by atoms with Crippen molar-refractivity contribution in [3.05, 3.63) is 124 Å². The topological polar surface area (TPSA) is 78.9 Å². The van der Waals surface area contributed by atoms with Gasteiger partial charge >= 0.3 is 17.9 Å². The summed E-state index contributed by atoms with van der Waals surface area (Å²) in [5.74, 6) is -2.18. The van der Waals surface area contributed by atoms with Gasteiger partial charge in [-0.25, -0.2) is 14.4 Å². The molecule has 0 atom stereocenters. The van der Waals surface area contributed by atoms with Crippen molar-refractivity contribution in [1.29, 1.82) is 0 Å². The lowest BCUT2D eigenvalue weighted by atomic mass is 9.85. The number of benzene rings is 6. The summed E-state index contributed by atoms with van der Waals surface area (Å²) in [6.07, 6.45) is 0. The van der Waals surface area contributed by atoms with E-state index < -0.39 is 17.9 Å². The predicted octanol–water partition coefficient (Wildman–Crippen LogP) is 11.0. The van der Waals surface area contributed by atoms with E-state index in [4.69, 9.17) is 14.2 Å². The summed E-state index contributed by atoms with van der Waals surface area (Å²) in [6, 6.07) is 28.2. The Morgan fingerprint density at radius 2 is 0.588 bits per heavy atom. The molecule has 0 unspecified atom stereocenters. The first-order valence-corrected chi connectivity index (χ1v) is 17.3. The second-order valence-corrected chi connectivity index (χ2v) is 16.6. The van der Waals surface area contributed by atoms with Crippen molar-refractivity contribution in [3.8, 4) is 17.2 Å². The first kappa shape index (κ1) is 34.0. The van der Waals surface area contributed by atoms with Crippen molar-refractivity contribution in [2.75, 3.05) is 0 Å². The van der Waals surface area contributed by atoms with Gasteiger partial charge in [0.2, 0.25) is 0 Å². The van der Waals surface area contributed by atoms with E-state index in [1.54, 1.807) is 36.4 Å². The van der Waals surface area contributed by atoms with Crippen LogP contribution in [0.15, 0.2) is 91.0 Å². The highest BCUT2D eigenvalue weighted by Crippen LogP contribution is 2.38. The summed E-state index contributed by atoms with van der Waals surface area (Å²) in [4.78, 5) is 42.4. The minimum atomic E-state index is -0.769. The van der Waals surface area contributed by atoms with Gasteiger partial charge in [0.1, 0.15) is 33.9 Å². The third-order valence-corrected chi connectivity index (χ3v) is 9.68. The van der Waals surface area contributed by atoms with Gasteiger partial charge in [-0.2, -0.15) is 0 Å². The molecule has 1 aliphatic heterocycles. The first-order chi connectivity index (χ1) is 23.8. The third kappa shape index (κ3) is 6.47. The maximum Gasteiger partial charge on any atom is 0.347 e. The van der Waals surface area contributed by atoms with Crippen LogP contribution in [0.1, 0.15) is 110 Å². The molecule has 0 saturated heterocycles. The fourth-order valence-electron chi connectivity index (χ4n) is 6.43. The quantitative estimate of drug-likeness (QED) is 0.118. The highest BCUT2D eigenvalue weighted by molar-refractivity contribution is 6.07. The number of hydrogen-bond acceptors (Lipinski definition) is 6. The average molecular weight is 679 g/mol. The largest absolute Gasteiger partial charge is 0.422 e. The van der Waals surface area contributed by atoms with E-state index in [2.05, 4.69) is 62.3 Å². The molecule has 0 spiro atoms. The Morgan fingerprint density at radius 1 is 0.333 bits per heavy atom. The molecule has 7 rings (SSSR count). The molecule has 6 aromatic carbocycles. The van der Waals surface area contributed by atoms with Crippen molar-refractivity contribution >= 4 is 50.2 Å². The molecule has 0 radical (unpaired) electrons. The summed E-state index contributed by atoms with van der Waals surface area (Å²) in [6.45, 7) is 19.1. The van der Waals surface area contributed by atoms with E-state index in [9.17, 15) is 14.4 Å². The van der Waals surface area contributed by atoms with Crippen LogP contribution in [0.25, 0.3) is 32.3 Å². The van der Waals surface area contributed by atoms with Gasteiger partial charge in [-0.3, -0.25) is 0 Å². The zero-order valence-electron chi connectivity index (χ0n) is 30.6. The summed E-state index contributed by atoms with van der Waals surface area (Å²) in [7, 11) is 0. The number of esters is 3. The fourth-order valence-corrected chi connectivity index (χ4v) is 6.43. The number of carbonyl (C=O) groups excluding carboxylic acids is 3. The van der Waals surface area contributed by atoms with Crippen LogP contribution in [0.3, 0.4) is 0 Å². The third-order valence-electron chi connectivity index (χ3n) is 9.68. The lowest BCUT2D eigenvalue weighted by Gasteiger charge is -2.21. The first-order valence-electron chi connectivity index (χ1n) is 17.3.